The highest BCUT2D eigenvalue weighted by atomic mass is 32.1. The minimum Gasteiger partial charge on any atom is -0.316 e. The number of carbonyl (C=O) groups excluding carboxylic acids is 1. The van der Waals surface area contributed by atoms with Crippen LogP contribution in [0.25, 0.3) is 11.3 Å². The number of hydrogen-bond acceptors (Lipinski definition) is 4. The number of nitrogens with zero attached hydrogens (tertiary/aromatic N) is 5. The Bertz CT molecular complexity index is 980. The number of rotatable bonds is 2. The summed E-state index contributed by atoms with van der Waals surface area (Å²) < 4.78 is 4.06. The molecule has 24 heavy (non-hydrogen) atoms. The number of amides is 1. The quantitative estimate of drug-likeness (QED) is 0.719. The van der Waals surface area contributed by atoms with Crippen molar-refractivity contribution in [2.24, 2.45) is 12.0 Å². The van der Waals surface area contributed by atoms with Gasteiger partial charge in [-0.25, -0.2) is 0 Å². The van der Waals surface area contributed by atoms with Crippen molar-refractivity contribution in [1.29, 1.82) is 0 Å². The molecule has 0 saturated heterocycles. The number of hydrogen-bond donors (Lipinski definition) is 0. The first-order valence-corrected chi connectivity index (χ1v) is 8.73. The van der Waals surface area contributed by atoms with Gasteiger partial charge in [-0.15, -0.1) is 11.3 Å². The van der Waals surface area contributed by atoms with Gasteiger partial charge in [0.05, 0.1) is 11.9 Å². The Hall–Kier alpha value is -2.54. The number of thiazole rings is 1. The number of pyridine rings is 1. The molecule has 0 unspecified atom stereocenters. The third kappa shape index (κ3) is 2.32. The van der Waals surface area contributed by atoms with Crippen LogP contribution < -0.4 is 4.80 Å². The van der Waals surface area contributed by atoms with Crippen molar-refractivity contribution in [3.05, 3.63) is 51.7 Å². The van der Waals surface area contributed by atoms with E-state index in [1.807, 2.05) is 17.9 Å². The summed E-state index contributed by atoms with van der Waals surface area (Å²) in [4.78, 5) is 22.8. The fourth-order valence-electron chi connectivity index (χ4n) is 3.14. The van der Waals surface area contributed by atoms with Crippen molar-refractivity contribution in [3.63, 3.8) is 0 Å². The maximum absolute atomic E-state index is 12.4. The second-order valence-electron chi connectivity index (χ2n) is 5.68. The fourth-order valence-corrected chi connectivity index (χ4v) is 4.34. The van der Waals surface area contributed by atoms with Gasteiger partial charge in [-0.1, -0.05) is 0 Å². The maximum atomic E-state index is 12.4. The molecular formula is C17H17N5OS. The molecule has 0 fully saturated rings. The van der Waals surface area contributed by atoms with Gasteiger partial charge in [0.15, 0.2) is 4.80 Å². The van der Waals surface area contributed by atoms with Gasteiger partial charge in [-0.05, 0) is 31.9 Å². The standard InChI is InChI=1S/C17H17N5OS/c1-3-22-15-12-10-19-21(2)13(12)4-5-14(15)24-17(22)20-16(23)11-6-8-18-9-7-11/h6-10H,3-5H2,1-2H3. The minimum absolute atomic E-state index is 0.232. The van der Waals surface area contributed by atoms with Gasteiger partial charge in [0, 0.05) is 47.7 Å². The van der Waals surface area contributed by atoms with Crippen molar-refractivity contribution < 1.29 is 4.79 Å². The van der Waals surface area contributed by atoms with Crippen LogP contribution in [0.4, 0.5) is 0 Å². The molecule has 1 aliphatic carbocycles. The lowest BCUT2D eigenvalue weighted by Crippen LogP contribution is -2.18. The molecule has 0 saturated carbocycles. The summed E-state index contributed by atoms with van der Waals surface area (Å²) in [5.74, 6) is -0.232. The van der Waals surface area contributed by atoms with E-state index in [9.17, 15) is 4.79 Å². The van der Waals surface area contributed by atoms with Gasteiger partial charge in [-0.3, -0.25) is 14.5 Å². The monoisotopic (exact) mass is 339 g/mol. The Balaban J connectivity index is 1.86. The number of aromatic nitrogens is 4. The average molecular weight is 339 g/mol. The lowest BCUT2D eigenvalue weighted by atomic mass is 10.00. The van der Waals surface area contributed by atoms with E-state index in [4.69, 9.17) is 0 Å². The van der Waals surface area contributed by atoms with Crippen molar-refractivity contribution >= 4 is 17.2 Å². The summed E-state index contributed by atoms with van der Waals surface area (Å²) in [7, 11) is 1.98. The maximum Gasteiger partial charge on any atom is 0.279 e. The zero-order valence-corrected chi connectivity index (χ0v) is 14.4. The molecule has 0 aromatic carbocycles. The second-order valence-corrected chi connectivity index (χ2v) is 6.74. The summed E-state index contributed by atoms with van der Waals surface area (Å²) >= 11 is 1.61. The van der Waals surface area contributed by atoms with Crippen LogP contribution in [0.15, 0.2) is 35.7 Å². The first-order valence-electron chi connectivity index (χ1n) is 7.92. The number of aryl methyl sites for hydroxylation is 2. The van der Waals surface area contributed by atoms with Crippen molar-refractivity contribution in [1.82, 2.24) is 19.3 Å². The van der Waals surface area contributed by atoms with E-state index in [0.29, 0.717) is 5.56 Å². The Morgan fingerprint density at radius 3 is 2.88 bits per heavy atom. The van der Waals surface area contributed by atoms with Crippen LogP contribution in [0.2, 0.25) is 0 Å². The molecule has 0 radical (unpaired) electrons. The molecule has 122 valence electrons. The van der Waals surface area contributed by atoms with Gasteiger partial charge in [0.25, 0.3) is 5.91 Å². The SMILES string of the molecule is CCn1c2c(sc1=NC(=O)c1ccncc1)CCc1c-2cnn1C. The number of fused-ring (bicyclic) bond motifs is 3. The predicted molar refractivity (Wildman–Crippen MR) is 91.7 cm³/mol. The summed E-state index contributed by atoms with van der Waals surface area (Å²) in [5, 5.41) is 4.39. The molecule has 0 spiro atoms. The molecule has 4 rings (SSSR count). The Kier molecular flexibility index (Phi) is 3.65. The molecule has 3 aromatic rings. The van der Waals surface area contributed by atoms with Crippen LogP contribution in [0.1, 0.15) is 27.9 Å². The normalized spacial score (nSPS) is 13.7. The minimum atomic E-state index is -0.232. The molecule has 6 nitrogen and oxygen atoms in total. The summed E-state index contributed by atoms with van der Waals surface area (Å²) in [6.07, 6.45) is 7.07. The van der Waals surface area contributed by atoms with Crippen molar-refractivity contribution in [3.8, 4) is 11.3 Å². The molecule has 3 heterocycles. The molecule has 1 aliphatic rings. The average Bonchev–Trinajstić information content (AvgIpc) is 3.15. The topological polar surface area (TPSA) is 65.1 Å². The molecule has 7 heteroatoms. The third-order valence-electron chi connectivity index (χ3n) is 4.33. The molecule has 1 amide bonds. The molecule has 0 bridgehead atoms. The molecule has 0 atom stereocenters. The lowest BCUT2D eigenvalue weighted by molar-refractivity contribution is 0.0997. The largest absolute Gasteiger partial charge is 0.316 e. The van der Waals surface area contributed by atoms with Gasteiger partial charge in [0.1, 0.15) is 0 Å². The molecule has 0 aliphatic heterocycles. The summed E-state index contributed by atoms with van der Waals surface area (Å²) in [6, 6.07) is 3.38. The van der Waals surface area contributed by atoms with Crippen LogP contribution >= 0.6 is 11.3 Å². The molecule has 0 N–H and O–H groups in total. The van der Waals surface area contributed by atoms with Crippen LogP contribution in [-0.2, 0) is 26.4 Å². The van der Waals surface area contributed by atoms with E-state index >= 15 is 0 Å². The Morgan fingerprint density at radius 1 is 1.33 bits per heavy atom. The lowest BCUT2D eigenvalue weighted by Gasteiger charge is -2.15. The first-order chi connectivity index (χ1) is 11.7. The van der Waals surface area contributed by atoms with Crippen LogP contribution in [0.5, 0.6) is 0 Å². The molecule has 3 aromatic heterocycles. The Morgan fingerprint density at radius 2 is 2.12 bits per heavy atom. The van der Waals surface area contributed by atoms with Crippen molar-refractivity contribution in [2.75, 3.05) is 0 Å². The van der Waals surface area contributed by atoms with Gasteiger partial charge >= 0.3 is 0 Å². The molecular weight excluding hydrogens is 322 g/mol. The summed E-state index contributed by atoms with van der Waals surface area (Å²) in [6.45, 7) is 2.84. The van der Waals surface area contributed by atoms with Gasteiger partial charge in [-0.2, -0.15) is 10.1 Å². The smallest absolute Gasteiger partial charge is 0.279 e. The summed E-state index contributed by atoms with van der Waals surface area (Å²) in [5.41, 5.74) is 4.13. The predicted octanol–water partition coefficient (Wildman–Crippen LogP) is 2.20. The Labute approximate surface area is 143 Å². The van der Waals surface area contributed by atoms with Crippen LogP contribution in [0, 0.1) is 0 Å². The highest BCUT2D eigenvalue weighted by molar-refractivity contribution is 7.09. The zero-order valence-electron chi connectivity index (χ0n) is 13.6. The second kappa shape index (κ2) is 5.83. The third-order valence-corrected chi connectivity index (χ3v) is 5.46. The fraction of sp³-hybridized carbons (Fsp3) is 0.294. The van der Waals surface area contributed by atoms with Gasteiger partial charge < -0.3 is 4.57 Å². The number of carbonyl (C=O) groups is 1. The van der Waals surface area contributed by atoms with E-state index in [0.717, 1.165) is 35.4 Å². The van der Waals surface area contributed by atoms with Crippen LogP contribution in [-0.4, -0.2) is 25.2 Å². The van der Waals surface area contributed by atoms with E-state index in [2.05, 4.69) is 26.6 Å². The van der Waals surface area contributed by atoms with E-state index in [1.165, 1.54) is 10.6 Å². The zero-order chi connectivity index (χ0) is 16.7. The van der Waals surface area contributed by atoms with Gasteiger partial charge in [0.2, 0.25) is 0 Å². The highest BCUT2D eigenvalue weighted by Crippen LogP contribution is 2.34. The van der Waals surface area contributed by atoms with E-state index in [1.54, 1.807) is 35.9 Å². The first kappa shape index (κ1) is 15.0. The van der Waals surface area contributed by atoms with E-state index in [-0.39, 0.29) is 5.91 Å². The van der Waals surface area contributed by atoms with Crippen LogP contribution in [0.3, 0.4) is 0 Å². The van der Waals surface area contributed by atoms with E-state index < -0.39 is 0 Å². The highest BCUT2D eigenvalue weighted by Gasteiger charge is 2.25. The van der Waals surface area contributed by atoms with Crippen molar-refractivity contribution in [2.45, 2.75) is 26.3 Å².